The summed E-state index contributed by atoms with van der Waals surface area (Å²) in [5.41, 5.74) is 3.06. The Kier molecular flexibility index (Phi) is 6.44. The van der Waals surface area contributed by atoms with Crippen LogP contribution in [0, 0.1) is 6.92 Å². The molecule has 1 amide bonds. The van der Waals surface area contributed by atoms with Crippen LogP contribution in [0.1, 0.15) is 28.5 Å². The number of nitrogens with one attached hydrogen (secondary N) is 1. The van der Waals surface area contributed by atoms with Gasteiger partial charge in [-0.25, -0.2) is 9.78 Å². The van der Waals surface area contributed by atoms with E-state index in [0.29, 0.717) is 5.02 Å². The average Bonchev–Trinajstić information content (AvgIpc) is 3.18. The third kappa shape index (κ3) is 4.97. The van der Waals surface area contributed by atoms with E-state index >= 15 is 0 Å². The smallest absolute Gasteiger partial charge is 0.358 e. The molecule has 1 N–H and O–H groups in total. The van der Waals surface area contributed by atoms with E-state index in [2.05, 4.69) is 10.3 Å². The standard InChI is InChI=1S/C21H19ClN2O3S/c1-13-7-9-15(10-8-13)20-24-18(12-28-20)21(26)27-14(2)19(25)23-11-16-5-3-4-6-17(16)22/h3-10,12,14H,11H2,1-2H3,(H,23,25). The summed E-state index contributed by atoms with van der Waals surface area (Å²) in [6.07, 6.45) is -0.945. The predicted octanol–water partition coefficient (Wildman–Crippen LogP) is 4.63. The fourth-order valence-corrected chi connectivity index (χ4v) is 3.44. The Morgan fingerprint density at radius 1 is 1.18 bits per heavy atom. The first-order valence-corrected chi connectivity index (χ1v) is 9.94. The molecule has 0 saturated carbocycles. The number of hydrogen-bond donors (Lipinski definition) is 1. The predicted molar refractivity (Wildman–Crippen MR) is 110 cm³/mol. The zero-order chi connectivity index (χ0) is 20.1. The molecular weight excluding hydrogens is 396 g/mol. The van der Waals surface area contributed by atoms with Gasteiger partial charge in [-0.1, -0.05) is 59.6 Å². The second-order valence-electron chi connectivity index (χ2n) is 6.26. The highest BCUT2D eigenvalue weighted by Crippen LogP contribution is 2.24. The highest BCUT2D eigenvalue weighted by atomic mass is 35.5. The first-order valence-electron chi connectivity index (χ1n) is 8.68. The fraction of sp³-hybridized carbons (Fsp3) is 0.190. The van der Waals surface area contributed by atoms with Gasteiger partial charge in [0.25, 0.3) is 5.91 Å². The molecule has 1 aromatic heterocycles. The molecule has 3 aromatic rings. The molecule has 0 bridgehead atoms. The first-order chi connectivity index (χ1) is 13.4. The van der Waals surface area contributed by atoms with E-state index in [4.69, 9.17) is 16.3 Å². The van der Waals surface area contributed by atoms with Crippen molar-refractivity contribution < 1.29 is 14.3 Å². The Morgan fingerprint density at radius 3 is 2.61 bits per heavy atom. The van der Waals surface area contributed by atoms with E-state index < -0.39 is 18.0 Å². The molecule has 0 saturated heterocycles. The van der Waals surface area contributed by atoms with Crippen LogP contribution >= 0.6 is 22.9 Å². The maximum atomic E-state index is 12.3. The molecule has 28 heavy (non-hydrogen) atoms. The molecule has 5 nitrogen and oxygen atoms in total. The monoisotopic (exact) mass is 414 g/mol. The lowest BCUT2D eigenvalue weighted by Crippen LogP contribution is -2.35. The first kappa shape index (κ1) is 20.0. The molecule has 0 aliphatic rings. The number of hydrogen-bond acceptors (Lipinski definition) is 5. The third-order valence-electron chi connectivity index (χ3n) is 4.08. The van der Waals surface area contributed by atoms with Crippen molar-refractivity contribution in [1.82, 2.24) is 10.3 Å². The highest BCUT2D eigenvalue weighted by Gasteiger charge is 2.21. The van der Waals surface area contributed by atoms with E-state index in [0.717, 1.165) is 21.7 Å². The van der Waals surface area contributed by atoms with E-state index in [1.165, 1.54) is 18.3 Å². The minimum atomic E-state index is -0.945. The number of benzene rings is 2. The maximum Gasteiger partial charge on any atom is 0.358 e. The van der Waals surface area contributed by atoms with Gasteiger partial charge in [0.05, 0.1) is 0 Å². The molecule has 1 heterocycles. The number of ether oxygens (including phenoxy) is 1. The second kappa shape index (κ2) is 8.99. The summed E-state index contributed by atoms with van der Waals surface area (Å²) in [4.78, 5) is 28.8. The molecule has 2 aromatic carbocycles. The summed E-state index contributed by atoms with van der Waals surface area (Å²) in [5.74, 6) is -1.03. The van der Waals surface area contributed by atoms with Crippen molar-refractivity contribution in [3.8, 4) is 10.6 Å². The van der Waals surface area contributed by atoms with Gasteiger partial charge in [0, 0.05) is 22.5 Å². The van der Waals surface area contributed by atoms with E-state index in [-0.39, 0.29) is 12.2 Å². The minimum Gasteiger partial charge on any atom is -0.448 e. The van der Waals surface area contributed by atoms with Crippen molar-refractivity contribution in [3.05, 3.63) is 75.8 Å². The molecule has 144 valence electrons. The van der Waals surface area contributed by atoms with E-state index in [9.17, 15) is 9.59 Å². The van der Waals surface area contributed by atoms with Crippen molar-refractivity contribution in [2.45, 2.75) is 26.5 Å². The summed E-state index contributed by atoms with van der Waals surface area (Å²) < 4.78 is 5.25. The van der Waals surface area contributed by atoms with Gasteiger partial charge in [-0.15, -0.1) is 11.3 Å². The summed E-state index contributed by atoms with van der Waals surface area (Å²) in [7, 11) is 0. The third-order valence-corrected chi connectivity index (χ3v) is 5.34. The van der Waals surface area contributed by atoms with Gasteiger partial charge in [-0.3, -0.25) is 4.79 Å². The van der Waals surface area contributed by atoms with Crippen LogP contribution in [-0.4, -0.2) is 23.0 Å². The Hall–Kier alpha value is -2.70. The lowest BCUT2D eigenvalue weighted by atomic mass is 10.2. The quantitative estimate of drug-likeness (QED) is 0.597. The summed E-state index contributed by atoms with van der Waals surface area (Å²) in [5, 5.41) is 5.64. The van der Waals surface area contributed by atoms with Crippen LogP contribution in [0.15, 0.2) is 53.9 Å². The fourth-order valence-electron chi connectivity index (χ4n) is 2.44. The molecule has 1 unspecified atom stereocenters. The number of thiazole rings is 1. The number of esters is 1. The van der Waals surface area contributed by atoms with Gasteiger partial charge in [-0.05, 0) is 25.5 Å². The van der Waals surface area contributed by atoms with Crippen molar-refractivity contribution in [2.24, 2.45) is 0 Å². The molecule has 0 fully saturated rings. The Morgan fingerprint density at radius 2 is 1.89 bits per heavy atom. The Bertz CT molecular complexity index is 985. The Labute approximate surface area is 172 Å². The van der Waals surface area contributed by atoms with Gasteiger partial charge in [-0.2, -0.15) is 0 Å². The molecular formula is C21H19ClN2O3S. The molecule has 0 aliphatic carbocycles. The van der Waals surface area contributed by atoms with Gasteiger partial charge < -0.3 is 10.1 Å². The molecule has 0 aliphatic heterocycles. The molecule has 1 atom stereocenters. The number of carbonyl (C=O) groups is 2. The van der Waals surface area contributed by atoms with Crippen LogP contribution in [0.3, 0.4) is 0 Å². The van der Waals surface area contributed by atoms with E-state index in [1.807, 2.05) is 49.4 Å². The maximum absolute atomic E-state index is 12.3. The van der Waals surface area contributed by atoms with Crippen LogP contribution in [-0.2, 0) is 16.1 Å². The summed E-state index contributed by atoms with van der Waals surface area (Å²) in [6.45, 7) is 3.79. The Balaban J connectivity index is 1.57. The number of carbonyl (C=O) groups excluding carboxylic acids is 2. The number of aryl methyl sites for hydroxylation is 1. The molecule has 0 spiro atoms. The second-order valence-corrected chi connectivity index (χ2v) is 7.53. The van der Waals surface area contributed by atoms with Gasteiger partial charge in [0.2, 0.25) is 0 Å². The normalized spacial score (nSPS) is 11.7. The topological polar surface area (TPSA) is 68.3 Å². The number of rotatable bonds is 6. The zero-order valence-corrected chi connectivity index (χ0v) is 17.0. The number of aromatic nitrogens is 1. The molecule has 3 rings (SSSR count). The van der Waals surface area contributed by atoms with Gasteiger partial charge in [0.15, 0.2) is 11.8 Å². The van der Waals surface area contributed by atoms with Crippen molar-refractivity contribution >= 4 is 34.8 Å². The largest absolute Gasteiger partial charge is 0.448 e. The zero-order valence-electron chi connectivity index (χ0n) is 15.4. The lowest BCUT2D eigenvalue weighted by molar-refractivity contribution is -0.129. The van der Waals surface area contributed by atoms with Crippen LogP contribution < -0.4 is 5.32 Å². The average molecular weight is 415 g/mol. The number of amides is 1. The number of halogens is 1. The highest BCUT2D eigenvalue weighted by molar-refractivity contribution is 7.13. The molecule has 0 radical (unpaired) electrons. The van der Waals surface area contributed by atoms with Crippen LogP contribution in [0.5, 0.6) is 0 Å². The van der Waals surface area contributed by atoms with Crippen molar-refractivity contribution in [3.63, 3.8) is 0 Å². The van der Waals surface area contributed by atoms with Crippen molar-refractivity contribution in [2.75, 3.05) is 0 Å². The van der Waals surface area contributed by atoms with Gasteiger partial charge >= 0.3 is 5.97 Å². The minimum absolute atomic E-state index is 0.186. The van der Waals surface area contributed by atoms with Gasteiger partial charge in [0.1, 0.15) is 5.01 Å². The number of nitrogens with zero attached hydrogens (tertiary/aromatic N) is 1. The van der Waals surface area contributed by atoms with Crippen molar-refractivity contribution in [1.29, 1.82) is 0 Å². The summed E-state index contributed by atoms with van der Waals surface area (Å²) in [6, 6.07) is 15.1. The van der Waals surface area contributed by atoms with Crippen LogP contribution in [0.4, 0.5) is 0 Å². The van der Waals surface area contributed by atoms with Crippen LogP contribution in [0.2, 0.25) is 5.02 Å². The SMILES string of the molecule is Cc1ccc(-c2nc(C(=O)OC(C)C(=O)NCc3ccccc3Cl)cs2)cc1. The summed E-state index contributed by atoms with van der Waals surface area (Å²) >= 11 is 7.42. The van der Waals surface area contributed by atoms with E-state index in [1.54, 1.807) is 11.4 Å². The molecule has 7 heteroatoms. The lowest BCUT2D eigenvalue weighted by Gasteiger charge is -2.13. The van der Waals surface area contributed by atoms with Crippen LogP contribution in [0.25, 0.3) is 10.6 Å².